The zero-order chi connectivity index (χ0) is 76.1. The predicted molar refractivity (Wildman–Crippen MR) is 443 cm³/mol. The Morgan fingerprint density at radius 2 is 0.655 bits per heavy atom. The van der Waals surface area contributed by atoms with Gasteiger partial charge in [-0.05, 0) is 103 Å². The van der Waals surface area contributed by atoms with Crippen LogP contribution in [-0.4, -0.2) is 158 Å². The number of carbonyl (C=O) groups excluding carboxylic acids is 6. The number of nitrogens with one attached hydrogen (secondary N) is 4. The second kappa shape index (κ2) is 88.2. The summed E-state index contributed by atoms with van der Waals surface area (Å²) in [5, 5.41) is 31.6. The van der Waals surface area contributed by atoms with Crippen LogP contribution in [0.25, 0.3) is 0 Å². The third-order valence-electron chi connectivity index (χ3n) is 17.4. The van der Waals surface area contributed by atoms with Gasteiger partial charge in [0.25, 0.3) is 0 Å². The van der Waals surface area contributed by atoms with Crippen LogP contribution >= 0.6 is 15.6 Å². The van der Waals surface area contributed by atoms with Crippen LogP contribution in [0.1, 0.15) is 370 Å². The maximum atomic E-state index is 13.7. The summed E-state index contributed by atoms with van der Waals surface area (Å²) < 4.78 is 70.5. The molecule has 4 unspecified atom stereocenters. The van der Waals surface area contributed by atoms with Crippen molar-refractivity contribution in [3.63, 3.8) is 0 Å². The van der Waals surface area contributed by atoms with Crippen molar-refractivity contribution in [3.05, 3.63) is 24.3 Å². The van der Waals surface area contributed by atoms with E-state index in [0.29, 0.717) is 51.4 Å². The fraction of sp³-hybridized carbons (Fsp3) is 0.878. The molecular weight excluding hydrogens is 1470 g/mol. The van der Waals surface area contributed by atoms with Crippen molar-refractivity contribution in [1.29, 1.82) is 0 Å². The second-order valence-electron chi connectivity index (χ2n) is 27.5. The van der Waals surface area contributed by atoms with Gasteiger partial charge in [-0.25, -0.2) is 9.13 Å². The maximum Gasteiger partial charge on any atom is 1.00 e. The average Bonchev–Trinajstić information content (AvgIpc) is 0.911. The molecule has 0 aromatic rings. The number of ether oxygens (including phenoxy) is 4. The number of aliphatic hydroxyl groups is 2. The zero-order valence-corrected chi connectivity index (χ0v) is 72.7. The van der Waals surface area contributed by atoms with Gasteiger partial charge in [0.05, 0.1) is 76.8 Å². The minimum Gasteiger partial charge on any atom is -1.00 e. The van der Waals surface area contributed by atoms with E-state index in [1.807, 2.05) is 0 Å². The van der Waals surface area contributed by atoms with Gasteiger partial charge in [-0.2, -0.15) is 0 Å². The minimum absolute atomic E-state index is 0. The van der Waals surface area contributed by atoms with E-state index in [9.17, 15) is 57.9 Å². The van der Waals surface area contributed by atoms with Crippen molar-refractivity contribution >= 4 is 51.2 Å². The molecule has 0 radical (unpaired) electrons. The molecule has 8 N–H and O–H groups in total. The van der Waals surface area contributed by atoms with Gasteiger partial charge in [-0.3, -0.25) is 46.9 Å². The van der Waals surface area contributed by atoms with E-state index < -0.39 is 109 Å². The van der Waals surface area contributed by atoms with Crippen LogP contribution in [0.4, 0.5) is 0 Å². The summed E-state index contributed by atoms with van der Waals surface area (Å²) >= 11 is 0. The number of hydrogen-bond donors (Lipinski definition) is 8. The molecule has 0 aromatic heterocycles. The van der Waals surface area contributed by atoms with Crippen molar-refractivity contribution in [2.75, 3.05) is 65.9 Å². The largest absolute Gasteiger partial charge is 1.00 e. The van der Waals surface area contributed by atoms with E-state index in [2.05, 4.69) is 87.1 Å². The number of aliphatic hydroxyl groups excluding tert-OH is 2. The summed E-state index contributed by atoms with van der Waals surface area (Å²) in [6.07, 6.45) is 42.6. The Hall–Kier alpha value is -1.64. The molecule has 8 atom stereocenters. The van der Waals surface area contributed by atoms with Gasteiger partial charge in [-0.1, -0.05) is 257 Å². The quantitative estimate of drug-likeness (QED) is 0.00700. The average molecular weight is 1640 g/mol. The topological polar surface area (TPSA) is 339 Å². The molecule has 0 aliphatic carbocycles. The Morgan fingerprint density at radius 3 is 0.973 bits per heavy atom. The SMILES string of the molecule is C.C.C.C.C.CCCCCC/C=C\CCCC(=O)O[C@H](CCCCCCC)CC(=O)NC(COCC[C@H](O)CCCCCCC)COP(=O)(O)OCCNC(=O)CC(=O)NCCOP(=O)(O)OCC(COCC[C@H](O)CCCCCCC)NC(=O)C[C@@H](CCCCCCC)OC(=O)CCC/C=C\CCCCCC.[H-].[H-].[Na+].[Na+]. The molecule has 0 spiro atoms. The molecule has 4 amide bonds. The first-order valence-electron chi connectivity index (χ1n) is 40.3. The Bertz CT molecular complexity index is 2130. The number of unbranched alkanes of at least 4 members (excludes halogenated alkanes) is 26. The summed E-state index contributed by atoms with van der Waals surface area (Å²) in [6.45, 7) is 10.2. The third kappa shape index (κ3) is 84.3. The normalized spacial score (nSPS) is 13.8. The van der Waals surface area contributed by atoms with E-state index in [1.165, 1.54) is 38.5 Å². The van der Waals surface area contributed by atoms with Crippen molar-refractivity contribution in [3.8, 4) is 0 Å². The fourth-order valence-corrected chi connectivity index (χ4v) is 12.8. The molecule has 0 fully saturated rings. The molecule has 648 valence electrons. The monoisotopic (exact) mass is 1640 g/mol. The molecule has 0 bridgehead atoms. The van der Waals surface area contributed by atoms with E-state index in [4.69, 9.17) is 37.0 Å². The van der Waals surface area contributed by atoms with Gasteiger partial charge >= 0.3 is 86.7 Å². The van der Waals surface area contributed by atoms with Gasteiger partial charge in [0.15, 0.2) is 0 Å². The van der Waals surface area contributed by atoms with Crippen molar-refractivity contribution < 1.29 is 157 Å². The second-order valence-corrected chi connectivity index (χ2v) is 30.4. The molecule has 24 nitrogen and oxygen atoms in total. The molecule has 0 rings (SSSR count). The summed E-state index contributed by atoms with van der Waals surface area (Å²) in [5.74, 6) is -3.31. The molecule has 0 saturated carbocycles. The van der Waals surface area contributed by atoms with Crippen LogP contribution in [0.5, 0.6) is 0 Å². The van der Waals surface area contributed by atoms with Gasteiger partial charge < -0.3 is 63.1 Å². The van der Waals surface area contributed by atoms with Crippen LogP contribution in [0, 0.1) is 0 Å². The third-order valence-corrected chi connectivity index (χ3v) is 19.3. The molecule has 0 aliphatic heterocycles. The molecule has 110 heavy (non-hydrogen) atoms. The zero-order valence-electron chi connectivity index (χ0n) is 68.9. The summed E-state index contributed by atoms with van der Waals surface area (Å²) in [5.41, 5.74) is 0. The van der Waals surface area contributed by atoms with E-state index >= 15 is 0 Å². The van der Waals surface area contributed by atoms with Crippen LogP contribution in [0.3, 0.4) is 0 Å². The number of allylic oxidation sites excluding steroid dienone is 4. The van der Waals surface area contributed by atoms with Crippen LogP contribution < -0.4 is 80.4 Å². The number of phosphoric ester groups is 2. The first-order valence-corrected chi connectivity index (χ1v) is 43.3. The fourth-order valence-electron chi connectivity index (χ4n) is 11.2. The van der Waals surface area contributed by atoms with E-state index in [1.54, 1.807) is 0 Å². The number of amides is 4. The standard InChI is InChI=1S/C77H146N4O20P2.5CH4.2Na.2H/c1-7-13-19-25-27-29-31-37-43-49-76(88)100-70(47-41-35-23-17-11-5)59-74(86)80-66(62-94-55-51-68(82)45-39-33-21-15-9-3)64-98-102(90,91)96-57-53-78-72(84)61-73(85)79-54-58-97-103(92,93)99-65-67(63-95-56-52-69(83)46-40-34-22-16-10-4)81-75(87)60-71(48-42-36-24-18-12-6)101-77(89)50-44-38-32-30-28-26-20-14-8-2;;;;;;;;;/h29-32,66-71,82-83H,7-28,33-65H2,1-6H3,(H,78,84)(H,79,85)(H,80,86)(H,81,87)(H,90,91)(H,92,93);5*1H4;;;;/q;;;;;;2*+1;2*-1/b31-29-,32-30-;;;;;;;;;/t66?,67?,68-,69-,70-,71-;;;;;;;;;/m1........./s1. The smallest absolute Gasteiger partial charge is 1.00 e. The molecule has 0 aliphatic rings. The van der Waals surface area contributed by atoms with Crippen LogP contribution in [0.2, 0.25) is 0 Å². The molecule has 0 saturated heterocycles. The van der Waals surface area contributed by atoms with E-state index in [-0.39, 0.29) is 176 Å². The Labute approximate surface area is 718 Å². The van der Waals surface area contributed by atoms with Gasteiger partial charge in [-0.15, -0.1) is 0 Å². The molecule has 0 heterocycles. The van der Waals surface area contributed by atoms with Crippen molar-refractivity contribution in [2.45, 2.75) is 404 Å². The van der Waals surface area contributed by atoms with Gasteiger partial charge in [0.1, 0.15) is 18.6 Å². The Balaban J connectivity index is -0.00000144. The number of rotatable bonds is 76. The van der Waals surface area contributed by atoms with Crippen molar-refractivity contribution in [2.24, 2.45) is 0 Å². The Morgan fingerprint density at radius 1 is 0.364 bits per heavy atom. The van der Waals surface area contributed by atoms with E-state index in [0.717, 1.165) is 167 Å². The first-order chi connectivity index (χ1) is 49.7. The minimum atomic E-state index is -4.81. The summed E-state index contributed by atoms with van der Waals surface area (Å²) in [6, 6.07) is -1.92. The summed E-state index contributed by atoms with van der Waals surface area (Å²) in [7, 11) is -9.61. The number of phosphoric acid groups is 2. The van der Waals surface area contributed by atoms with Crippen LogP contribution in [0.15, 0.2) is 24.3 Å². The number of carbonyl (C=O) groups is 6. The molecular formula is C82H168N4Na2O20P2. The maximum absolute atomic E-state index is 13.7. The summed E-state index contributed by atoms with van der Waals surface area (Å²) in [4.78, 5) is 100. The van der Waals surface area contributed by atoms with Gasteiger partial charge in [0.2, 0.25) is 23.6 Å². The molecule has 28 heteroatoms. The van der Waals surface area contributed by atoms with Crippen molar-refractivity contribution in [1.82, 2.24) is 21.3 Å². The molecule has 0 aromatic carbocycles. The Kier molecular flexibility index (Phi) is 99.4. The predicted octanol–water partition coefficient (Wildman–Crippen LogP) is 13.2. The first kappa shape index (κ1) is 124. The van der Waals surface area contributed by atoms with Gasteiger partial charge in [0, 0.05) is 39.1 Å². The number of esters is 2. The van der Waals surface area contributed by atoms with Crippen LogP contribution in [-0.2, 0) is 74.9 Å². The number of hydrogen-bond acceptors (Lipinski definition) is 18.